The molecule has 2 heteroatoms. The molecule has 0 radical (unpaired) electrons. The van der Waals surface area contributed by atoms with Gasteiger partial charge >= 0.3 is 0 Å². The highest BCUT2D eigenvalue weighted by Crippen LogP contribution is 2.32. The molecule has 1 aromatic rings. The predicted octanol–water partition coefficient (Wildman–Crippen LogP) is 3.86. The van der Waals surface area contributed by atoms with E-state index in [0.717, 1.165) is 5.69 Å². The molecule has 0 fully saturated rings. The average molecular weight is 209 g/mol. The fourth-order valence-electron chi connectivity index (χ4n) is 1.38. The van der Waals surface area contributed by atoms with Gasteiger partial charge in [-0.1, -0.05) is 19.9 Å². The van der Waals surface area contributed by atoms with E-state index in [1.54, 1.807) is 0 Å². The van der Waals surface area contributed by atoms with Crippen LogP contribution in [0, 0.1) is 6.92 Å². The van der Waals surface area contributed by atoms with E-state index >= 15 is 0 Å². The lowest BCUT2D eigenvalue weighted by atomic mass is 10.2. The van der Waals surface area contributed by atoms with Crippen molar-refractivity contribution in [2.75, 3.05) is 5.73 Å². The highest BCUT2D eigenvalue weighted by atomic mass is 32.2. The van der Waals surface area contributed by atoms with Crippen molar-refractivity contribution in [3.8, 4) is 0 Å². The molecule has 0 saturated heterocycles. The zero-order chi connectivity index (χ0) is 10.6. The van der Waals surface area contributed by atoms with E-state index < -0.39 is 0 Å². The van der Waals surface area contributed by atoms with Crippen LogP contribution >= 0.6 is 11.8 Å². The summed E-state index contributed by atoms with van der Waals surface area (Å²) in [4.78, 5) is 1.23. The minimum Gasteiger partial charge on any atom is -0.398 e. The number of nitrogen functional groups attached to an aromatic ring is 1. The second-order valence-electron chi connectivity index (χ2n) is 3.60. The number of nitrogens with two attached hydrogens (primary N) is 1. The van der Waals surface area contributed by atoms with Crippen LogP contribution in [-0.4, -0.2) is 5.25 Å². The molecule has 0 atom stereocenters. The number of rotatable bonds is 4. The number of benzene rings is 1. The first-order chi connectivity index (χ1) is 6.67. The molecule has 0 aliphatic heterocycles. The lowest BCUT2D eigenvalue weighted by molar-refractivity contribution is 0.792. The van der Waals surface area contributed by atoms with Crippen molar-refractivity contribution >= 4 is 17.4 Å². The first-order valence-corrected chi connectivity index (χ1v) is 6.08. The van der Waals surface area contributed by atoms with Gasteiger partial charge in [0.25, 0.3) is 0 Å². The number of hydrogen-bond donors (Lipinski definition) is 1. The van der Waals surface area contributed by atoms with Gasteiger partial charge in [-0.15, -0.1) is 11.8 Å². The normalized spacial score (nSPS) is 10.9. The summed E-state index contributed by atoms with van der Waals surface area (Å²) in [6, 6.07) is 6.24. The van der Waals surface area contributed by atoms with Gasteiger partial charge in [-0.2, -0.15) is 0 Å². The Morgan fingerprint density at radius 3 is 2.50 bits per heavy atom. The fourth-order valence-corrected chi connectivity index (χ4v) is 2.53. The molecule has 2 N–H and O–H groups in total. The van der Waals surface area contributed by atoms with Crippen LogP contribution in [0.4, 0.5) is 5.69 Å². The van der Waals surface area contributed by atoms with E-state index in [2.05, 4.69) is 32.9 Å². The van der Waals surface area contributed by atoms with Crippen molar-refractivity contribution < 1.29 is 0 Å². The summed E-state index contributed by atoms with van der Waals surface area (Å²) in [5.74, 6) is 0. The van der Waals surface area contributed by atoms with Gasteiger partial charge in [0.05, 0.1) is 0 Å². The van der Waals surface area contributed by atoms with Crippen molar-refractivity contribution in [3.63, 3.8) is 0 Å². The Morgan fingerprint density at radius 2 is 1.93 bits per heavy atom. The minimum absolute atomic E-state index is 0.694. The van der Waals surface area contributed by atoms with Crippen LogP contribution in [0.2, 0.25) is 0 Å². The quantitative estimate of drug-likeness (QED) is 0.602. The molecular weight excluding hydrogens is 190 g/mol. The summed E-state index contributed by atoms with van der Waals surface area (Å²) in [5, 5.41) is 0.694. The summed E-state index contributed by atoms with van der Waals surface area (Å²) in [7, 11) is 0. The van der Waals surface area contributed by atoms with Crippen LogP contribution in [-0.2, 0) is 0 Å². The first-order valence-electron chi connectivity index (χ1n) is 5.20. The van der Waals surface area contributed by atoms with Gasteiger partial charge in [0.15, 0.2) is 0 Å². The van der Waals surface area contributed by atoms with Crippen molar-refractivity contribution in [1.82, 2.24) is 0 Å². The maximum atomic E-state index is 5.93. The third-order valence-electron chi connectivity index (χ3n) is 2.37. The summed E-state index contributed by atoms with van der Waals surface area (Å²) >= 11 is 1.90. The zero-order valence-electron chi connectivity index (χ0n) is 9.21. The van der Waals surface area contributed by atoms with Crippen LogP contribution in [0.5, 0.6) is 0 Å². The van der Waals surface area contributed by atoms with E-state index in [0.29, 0.717) is 5.25 Å². The Hall–Kier alpha value is -0.630. The Bertz CT molecular complexity index is 292. The number of hydrogen-bond acceptors (Lipinski definition) is 2. The first kappa shape index (κ1) is 11.4. The van der Waals surface area contributed by atoms with Crippen molar-refractivity contribution in [2.45, 2.75) is 43.8 Å². The SMILES string of the molecule is CCC(CC)Sc1cc(C)ccc1N. The predicted molar refractivity (Wildman–Crippen MR) is 65.8 cm³/mol. The summed E-state index contributed by atoms with van der Waals surface area (Å²) in [5.41, 5.74) is 8.12. The zero-order valence-corrected chi connectivity index (χ0v) is 10.0. The third-order valence-corrected chi connectivity index (χ3v) is 3.98. The van der Waals surface area contributed by atoms with Crippen LogP contribution in [0.15, 0.2) is 23.1 Å². The van der Waals surface area contributed by atoms with Gasteiger partial charge in [0.2, 0.25) is 0 Å². The van der Waals surface area contributed by atoms with Gasteiger partial charge in [0.1, 0.15) is 0 Å². The van der Waals surface area contributed by atoms with Crippen LogP contribution in [0.3, 0.4) is 0 Å². The summed E-state index contributed by atoms with van der Waals surface area (Å²) in [6.45, 7) is 6.57. The molecule has 0 saturated carbocycles. The number of anilines is 1. The van der Waals surface area contributed by atoms with Gasteiger partial charge < -0.3 is 5.73 Å². The molecule has 0 spiro atoms. The lowest BCUT2D eigenvalue weighted by Gasteiger charge is -2.13. The van der Waals surface area contributed by atoms with Gasteiger partial charge in [0, 0.05) is 15.8 Å². The third kappa shape index (κ3) is 2.95. The second-order valence-corrected chi connectivity index (χ2v) is 4.94. The van der Waals surface area contributed by atoms with Crippen LogP contribution in [0.1, 0.15) is 32.3 Å². The van der Waals surface area contributed by atoms with E-state index in [1.165, 1.54) is 23.3 Å². The fraction of sp³-hybridized carbons (Fsp3) is 0.500. The Labute approximate surface area is 91.1 Å². The molecule has 0 heterocycles. The van der Waals surface area contributed by atoms with Crippen LogP contribution in [0.25, 0.3) is 0 Å². The van der Waals surface area contributed by atoms with E-state index in [9.17, 15) is 0 Å². The highest BCUT2D eigenvalue weighted by Gasteiger charge is 2.07. The maximum Gasteiger partial charge on any atom is 0.0452 e. The molecule has 0 aromatic heterocycles. The summed E-state index contributed by atoms with van der Waals surface area (Å²) < 4.78 is 0. The maximum absolute atomic E-state index is 5.93. The molecule has 0 amide bonds. The Morgan fingerprint density at radius 1 is 1.29 bits per heavy atom. The molecule has 0 unspecified atom stereocenters. The minimum atomic E-state index is 0.694. The van der Waals surface area contributed by atoms with E-state index in [1.807, 2.05) is 17.8 Å². The second kappa shape index (κ2) is 5.30. The topological polar surface area (TPSA) is 26.0 Å². The molecule has 1 rings (SSSR count). The lowest BCUT2D eigenvalue weighted by Crippen LogP contribution is -1.99. The molecule has 0 aliphatic rings. The molecule has 1 aromatic carbocycles. The molecule has 14 heavy (non-hydrogen) atoms. The van der Waals surface area contributed by atoms with E-state index in [-0.39, 0.29) is 0 Å². The average Bonchev–Trinajstić information content (AvgIpc) is 2.19. The van der Waals surface area contributed by atoms with Gasteiger partial charge in [-0.3, -0.25) is 0 Å². The molecule has 1 nitrogen and oxygen atoms in total. The largest absolute Gasteiger partial charge is 0.398 e. The van der Waals surface area contributed by atoms with Gasteiger partial charge in [-0.05, 0) is 37.5 Å². The number of thioether (sulfide) groups is 1. The van der Waals surface area contributed by atoms with Crippen LogP contribution < -0.4 is 5.73 Å². The van der Waals surface area contributed by atoms with E-state index in [4.69, 9.17) is 5.73 Å². The molecule has 0 bridgehead atoms. The number of aryl methyl sites for hydroxylation is 1. The molecule has 78 valence electrons. The monoisotopic (exact) mass is 209 g/mol. The van der Waals surface area contributed by atoms with Crippen molar-refractivity contribution in [2.24, 2.45) is 0 Å². The summed E-state index contributed by atoms with van der Waals surface area (Å²) in [6.07, 6.45) is 2.41. The van der Waals surface area contributed by atoms with Gasteiger partial charge in [-0.25, -0.2) is 0 Å². The Kier molecular flexibility index (Phi) is 4.33. The Balaban J connectivity index is 2.79. The highest BCUT2D eigenvalue weighted by molar-refractivity contribution is 8.00. The molecule has 0 aliphatic carbocycles. The van der Waals surface area contributed by atoms with Crippen molar-refractivity contribution in [1.29, 1.82) is 0 Å². The van der Waals surface area contributed by atoms with Crippen molar-refractivity contribution in [3.05, 3.63) is 23.8 Å². The smallest absolute Gasteiger partial charge is 0.0452 e. The molecular formula is C12H19NS. The standard InChI is InChI=1S/C12H19NS/c1-4-10(5-2)14-12-8-9(3)6-7-11(12)13/h6-8,10H,4-5,13H2,1-3H3.